The first-order valence-electron chi connectivity index (χ1n) is 3.34. The highest BCUT2D eigenvalue weighted by atomic mass is 35.7. The van der Waals surface area contributed by atoms with Crippen LogP contribution in [0.3, 0.4) is 0 Å². The summed E-state index contributed by atoms with van der Waals surface area (Å²) in [7, 11) is 8.39. The average Bonchev–Trinajstić information content (AvgIpc) is 2.05. The van der Waals surface area contributed by atoms with E-state index in [0.29, 0.717) is 10.8 Å². The van der Waals surface area contributed by atoms with Crippen LogP contribution in [0.15, 0.2) is 18.2 Å². The Bertz CT molecular complexity index is 265. The fourth-order valence-electron chi connectivity index (χ4n) is 0.919. The number of hydrogen-bond donors (Lipinski definition) is 0. The summed E-state index contributed by atoms with van der Waals surface area (Å²) in [6, 6.07) is 5.49. The van der Waals surface area contributed by atoms with Crippen LogP contribution < -0.4 is 4.74 Å². The van der Waals surface area contributed by atoms with Crippen LogP contribution in [-0.4, -0.2) is 7.11 Å². The predicted molar refractivity (Wildman–Crippen MR) is 55.2 cm³/mol. The van der Waals surface area contributed by atoms with E-state index in [9.17, 15) is 0 Å². The molecule has 0 radical (unpaired) electrons. The summed E-state index contributed by atoms with van der Waals surface area (Å²) < 4.78 is 5.12. The second-order valence-electron chi connectivity index (χ2n) is 2.21. The second-order valence-corrected chi connectivity index (χ2v) is 3.81. The van der Waals surface area contributed by atoms with E-state index in [4.69, 9.17) is 27.0 Å². The van der Waals surface area contributed by atoms with Crippen LogP contribution in [0, 0.1) is 0 Å². The molecule has 1 aromatic carbocycles. The van der Waals surface area contributed by atoms with Crippen molar-refractivity contribution in [2.24, 2.45) is 0 Å². The Kier molecular flexibility index (Phi) is 4.06. The molecule has 0 amide bonds. The molecule has 1 nitrogen and oxygen atoms in total. The first kappa shape index (κ1) is 10.0. The Labute approximate surface area is 85.5 Å². The Morgan fingerprint density at radius 3 is 2.83 bits per heavy atom. The van der Waals surface area contributed by atoms with Crippen molar-refractivity contribution in [3.05, 3.63) is 28.8 Å². The molecule has 0 aliphatic carbocycles. The van der Waals surface area contributed by atoms with Crippen LogP contribution >= 0.6 is 33.3 Å². The molecule has 12 heavy (non-hydrogen) atoms. The van der Waals surface area contributed by atoms with E-state index >= 15 is 0 Å². The molecule has 0 heterocycles. The first-order chi connectivity index (χ1) is 5.77. The second kappa shape index (κ2) is 4.85. The van der Waals surface area contributed by atoms with Crippen LogP contribution in [0.25, 0.3) is 0 Å². The van der Waals surface area contributed by atoms with Gasteiger partial charge in [-0.2, -0.15) is 0 Å². The molecule has 1 rings (SSSR count). The van der Waals surface area contributed by atoms with E-state index in [1.54, 1.807) is 13.2 Å². The maximum Gasteiger partial charge on any atom is 0.123 e. The highest BCUT2D eigenvalue weighted by molar-refractivity contribution is 8.20. The Morgan fingerprint density at radius 2 is 2.25 bits per heavy atom. The van der Waals surface area contributed by atoms with E-state index in [1.807, 2.05) is 12.1 Å². The van der Waals surface area contributed by atoms with Gasteiger partial charge in [-0.05, 0) is 28.9 Å². The van der Waals surface area contributed by atoms with Crippen molar-refractivity contribution >= 4 is 33.3 Å². The molecule has 0 aliphatic heterocycles. The highest BCUT2D eigenvalue weighted by Crippen LogP contribution is 2.27. The van der Waals surface area contributed by atoms with Gasteiger partial charge in [0.15, 0.2) is 0 Å². The Balaban J connectivity index is 2.95. The summed E-state index contributed by atoms with van der Waals surface area (Å²) in [6.45, 7) is 0. The van der Waals surface area contributed by atoms with Crippen molar-refractivity contribution in [3.8, 4) is 5.75 Å². The normalized spacial score (nSPS) is 9.92. The molecule has 0 aromatic heterocycles. The maximum atomic E-state index is 5.80. The monoisotopic (exact) mass is 222 g/mol. The Hall–Kier alpha value is -0.0500. The molecule has 4 heteroatoms. The predicted octanol–water partition coefficient (Wildman–Crippen LogP) is 3.74. The standard InChI is InChI=1S/C8H8Cl2OS/c1-11-8-3-2-7(9)4-6(8)5-12-10/h2-4H,5H2,1H3. The van der Waals surface area contributed by atoms with Crippen LogP contribution in [0.2, 0.25) is 5.02 Å². The third-order valence-corrected chi connectivity index (χ3v) is 2.44. The number of hydrogen-bond acceptors (Lipinski definition) is 2. The lowest BCUT2D eigenvalue weighted by molar-refractivity contribution is 0.411. The Morgan fingerprint density at radius 1 is 1.50 bits per heavy atom. The van der Waals surface area contributed by atoms with Gasteiger partial charge in [0.25, 0.3) is 0 Å². The van der Waals surface area contributed by atoms with Crippen molar-refractivity contribution in [3.63, 3.8) is 0 Å². The van der Waals surface area contributed by atoms with Crippen LogP contribution in [0.4, 0.5) is 0 Å². The molecule has 0 N–H and O–H groups in total. The lowest BCUT2D eigenvalue weighted by Crippen LogP contribution is -1.88. The topological polar surface area (TPSA) is 9.23 Å². The number of benzene rings is 1. The summed E-state index contributed by atoms with van der Waals surface area (Å²) in [4.78, 5) is 0. The van der Waals surface area contributed by atoms with E-state index in [2.05, 4.69) is 0 Å². The fraction of sp³-hybridized carbons (Fsp3) is 0.250. The summed E-state index contributed by atoms with van der Waals surface area (Å²) in [5, 5.41) is 0.705. The highest BCUT2D eigenvalue weighted by Gasteiger charge is 2.02. The van der Waals surface area contributed by atoms with E-state index in [0.717, 1.165) is 11.3 Å². The average molecular weight is 223 g/mol. The van der Waals surface area contributed by atoms with Crippen LogP contribution in [0.5, 0.6) is 5.75 Å². The molecular formula is C8H8Cl2OS. The molecule has 0 saturated carbocycles. The number of methoxy groups -OCH3 is 1. The minimum absolute atomic E-state index is 0.700. The molecule has 0 unspecified atom stereocenters. The van der Waals surface area contributed by atoms with Gasteiger partial charge in [0.2, 0.25) is 0 Å². The van der Waals surface area contributed by atoms with Gasteiger partial charge in [-0.15, -0.1) is 0 Å². The van der Waals surface area contributed by atoms with Crippen LogP contribution in [0.1, 0.15) is 5.56 Å². The van der Waals surface area contributed by atoms with Crippen molar-refractivity contribution in [1.82, 2.24) is 0 Å². The van der Waals surface area contributed by atoms with Gasteiger partial charge in [0.1, 0.15) is 5.75 Å². The first-order valence-corrected chi connectivity index (χ1v) is 5.53. The summed E-state index contributed by atoms with van der Waals surface area (Å²) in [5.41, 5.74) is 1.02. The van der Waals surface area contributed by atoms with Gasteiger partial charge in [0.05, 0.1) is 7.11 Å². The van der Waals surface area contributed by atoms with Gasteiger partial charge < -0.3 is 4.74 Å². The minimum atomic E-state index is 0.700. The molecule has 0 spiro atoms. The fourth-order valence-corrected chi connectivity index (χ4v) is 1.81. The number of ether oxygens (including phenoxy) is 1. The van der Waals surface area contributed by atoms with E-state index < -0.39 is 0 Å². The quantitative estimate of drug-likeness (QED) is 0.771. The van der Waals surface area contributed by atoms with E-state index in [1.165, 1.54) is 11.0 Å². The molecule has 66 valence electrons. The van der Waals surface area contributed by atoms with Crippen molar-refractivity contribution < 1.29 is 4.74 Å². The summed E-state index contributed by atoms with van der Waals surface area (Å²) in [6.07, 6.45) is 0. The third-order valence-electron chi connectivity index (χ3n) is 1.45. The summed E-state index contributed by atoms with van der Waals surface area (Å²) in [5.74, 6) is 1.53. The zero-order valence-electron chi connectivity index (χ0n) is 6.51. The summed E-state index contributed by atoms with van der Waals surface area (Å²) >= 11 is 5.80. The minimum Gasteiger partial charge on any atom is -0.496 e. The van der Waals surface area contributed by atoms with Crippen molar-refractivity contribution in [2.45, 2.75) is 5.75 Å². The van der Waals surface area contributed by atoms with Gasteiger partial charge in [-0.1, -0.05) is 22.6 Å². The third kappa shape index (κ3) is 2.47. The smallest absolute Gasteiger partial charge is 0.123 e. The number of rotatable bonds is 3. The molecule has 0 bridgehead atoms. The SMILES string of the molecule is COc1ccc(Cl)cc1CSCl. The zero-order valence-corrected chi connectivity index (χ0v) is 8.84. The zero-order chi connectivity index (χ0) is 8.97. The van der Waals surface area contributed by atoms with Gasteiger partial charge >= 0.3 is 0 Å². The number of halogens is 2. The van der Waals surface area contributed by atoms with E-state index in [-0.39, 0.29) is 0 Å². The van der Waals surface area contributed by atoms with Gasteiger partial charge in [-0.3, -0.25) is 0 Å². The lowest BCUT2D eigenvalue weighted by Gasteiger charge is -2.06. The van der Waals surface area contributed by atoms with Crippen molar-refractivity contribution in [1.29, 1.82) is 0 Å². The molecule has 1 aromatic rings. The lowest BCUT2D eigenvalue weighted by atomic mass is 10.2. The molecular weight excluding hydrogens is 215 g/mol. The van der Waals surface area contributed by atoms with Crippen LogP contribution in [-0.2, 0) is 5.75 Å². The molecule has 0 saturated heterocycles. The molecule has 0 atom stereocenters. The molecule has 0 aliphatic rings. The van der Waals surface area contributed by atoms with Gasteiger partial charge in [-0.25, -0.2) is 0 Å². The van der Waals surface area contributed by atoms with Gasteiger partial charge in [0, 0.05) is 16.3 Å². The maximum absolute atomic E-state index is 5.80. The molecule has 0 fully saturated rings. The largest absolute Gasteiger partial charge is 0.496 e. The van der Waals surface area contributed by atoms with Crippen molar-refractivity contribution in [2.75, 3.05) is 7.11 Å².